The van der Waals surface area contributed by atoms with Crippen molar-refractivity contribution in [3.8, 4) is 0 Å². The topological polar surface area (TPSA) is 76.2 Å². The molecule has 1 N–H and O–H groups in total. The third kappa shape index (κ3) is 4.23. The molecule has 2 atom stereocenters. The van der Waals surface area contributed by atoms with Gasteiger partial charge in [-0.3, -0.25) is 4.99 Å². The van der Waals surface area contributed by atoms with Gasteiger partial charge in [0.2, 0.25) is 0 Å². The summed E-state index contributed by atoms with van der Waals surface area (Å²) in [6.07, 6.45) is 9.67. The van der Waals surface area contributed by atoms with Crippen LogP contribution in [-0.2, 0) is 13.0 Å². The molecule has 2 aromatic heterocycles. The number of likely N-dealkylation sites (tertiary alicyclic amines) is 1. The van der Waals surface area contributed by atoms with E-state index < -0.39 is 0 Å². The van der Waals surface area contributed by atoms with Gasteiger partial charge >= 0.3 is 0 Å². The predicted octanol–water partition coefficient (Wildman–Crippen LogP) is 1.59. The summed E-state index contributed by atoms with van der Waals surface area (Å²) in [6, 6.07) is 0.430. The van der Waals surface area contributed by atoms with Crippen molar-refractivity contribution in [2.75, 3.05) is 26.2 Å². The maximum Gasteiger partial charge on any atom is 0.194 e. The number of imidazole rings is 1. The number of aliphatic imine (C=N–C) groups is 1. The first-order valence-corrected chi connectivity index (χ1v) is 9.60. The minimum absolute atomic E-state index is 0.430. The normalized spacial score (nSPS) is 21.2. The highest BCUT2D eigenvalue weighted by Gasteiger charge is 2.28. The average molecular weight is 358 g/mol. The molecule has 1 aliphatic heterocycles. The van der Waals surface area contributed by atoms with Crippen LogP contribution in [0.25, 0.3) is 0 Å². The molecule has 0 aliphatic carbocycles. The molecule has 26 heavy (non-hydrogen) atoms. The molecule has 0 bridgehead atoms. The van der Waals surface area contributed by atoms with E-state index in [1.54, 1.807) is 6.33 Å². The van der Waals surface area contributed by atoms with Crippen molar-refractivity contribution in [3.05, 3.63) is 30.9 Å². The summed E-state index contributed by atoms with van der Waals surface area (Å²) in [5.41, 5.74) is 0. The van der Waals surface area contributed by atoms with Gasteiger partial charge in [-0.1, -0.05) is 13.8 Å². The van der Waals surface area contributed by atoms with Gasteiger partial charge in [0, 0.05) is 45.0 Å². The minimum atomic E-state index is 0.430. The van der Waals surface area contributed by atoms with Gasteiger partial charge in [0.15, 0.2) is 5.96 Å². The maximum absolute atomic E-state index is 4.86. The molecule has 1 fully saturated rings. The van der Waals surface area contributed by atoms with Crippen molar-refractivity contribution < 1.29 is 0 Å². The van der Waals surface area contributed by atoms with E-state index in [4.69, 9.17) is 4.99 Å². The fraction of sp³-hybridized carbons (Fsp3) is 0.667. The van der Waals surface area contributed by atoms with Crippen molar-refractivity contribution >= 4 is 5.96 Å². The summed E-state index contributed by atoms with van der Waals surface area (Å²) in [4.78, 5) is 11.5. The number of guanidine groups is 1. The monoisotopic (exact) mass is 358 g/mol. The number of aryl methyl sites for hydroxylation is 1. The Hall–Kier alpha value is -2.38. The van der Waals surface area contributed by atoms with Crippen LogP contribution in [0, 0.1) is 5.92 Å². The van der Waals surface area contributed by atoms with Gasteiger partial charge in [0.25, 0.3) is 0 Å². The van der Waals surface area contributed by atoms with Crippen molar-refractivity contribution in [1.29, 1.82) is 0 Å². The smallest absolute Gasteiger partial charge is 0.194 e. The SMILES string of the molecule is CCNC(=NCCn1cnnc1CC)N1CCC(C)C(n2ccnc2)C1. The number of nitrogens with one attached hydrogen (secondary N) is 1. The van der Waals surface area contributed by atoms with E-state index in [0.29, 0.717) is 12.0 Å². The summed E-state index contributed by atoms with van der Waals surface area (Å²) in [6.45, 7) is 10.9. The lowest BCUT2D eigenvalue weighted by Crippen LogP contribution is -2.49. The molecule has 3 heterocycles. The van der Waals surface area contributed by atoms with Gasteiger partial charge in [0.1, 0.15) is 12.2 Å². The van der Waals surface area contributed by atoms with Crippen molar-refractivity contribution in [3.63, 3.8) is 0 Å². The zero-order valence-electron chi connectivity index (χ0n) is 16.0. The fourth-order valence-electron chi connectivity index (χ4n) is 3.52. The molecule has 2 aromatic rings. The summed E-state index contributed by atoms with van der Waals surface area (Å²) < 4.78 is 4.31. The van der Waals surface area contributed by atoms with Crippen molar-refractivity contribution in [1.82, 2.24) is 34.5 Å². The third-order valence-electron chi connectivity index (χ3n) is 5.08. The van der Waals surface area contributed by atoms with Gasteiger partial charge < -0.3 is 19.4 Å². The second-order valence-corrected chi connectivity index (χ2v) is 6.82. The van der Waals surface area contributed by atoms with E-state index in [1.807, 2.05) is 12.5 Å². The number of rotatable bonds is 6. The lowest BCUT2D eigenvalue weighted by atomic mass is 9.93. The molecular weight excluding hydrogens is 328 g/mol. The van der Waals surface area contributed by atoms with E-state index in [1.165, 1.54) is 0 Å². The Morgan fingerprint density at radius 3 is 2.96 bits per heavy atom. The molecular formula is C18H30N8. The van der Waals surface area contributed by atoms with E-state index >= 15 is 0 Å². The quantitative estimate of drug-likeness (QED) is 0.627. The molecule has 8 nitrogen and oxygen atoms in total. The molecule has 0 spiro atoms. The lowest BCUT2D eigenvalue weighted by Gasteiger charge is -2.39. The Morgan fingerprint density at radius 1 is 1.35 bits per heavy atom. The first kappa shape index (κ1) is 18.4. The predicted molar refractivity (Wildman–Crippen MR) is 102 cm³/mol. The summed E-state index contributed by atoms with van der Waals surface area (Å²) in [5.74, 6) is 2.64. The second-order valence-electron chi connectivity index (χ2n) is 6.82. The van der Waals surface area contributed by atoms with Crippen LogP contribution in [-0.4, -0.2) is 61.4 Å². The van der Waals surface area contributed by atoms with Crippen LogP contribution in [0.1, 0.15) is 39.1 Å². The fourth-order valence-corrected chi connectivity index (χ4v) is 3.52. The number of hydrogen-bond donors (Lipinski definition) is 1. The van der Waals surface area contributed by atoms with Crippen LogP contribution in [0.15, 0.2) is 30.0 Å². The average Bonchev–Trinajstić information content (AvgIpc) is 3.33. The number of aromatic nitrogens is 5. The van der Waals surface area contributed by atoms with Crippen LogP contribution in [0.3, 0.4) is 0 Å². The zero-order valence-corrected chi connectivity index (χ0v) is 16.0. The van der Waals surface area contributed by atoms with Gasteiger partial charge in [-0.15, -0.1) is 10.2 Å². The molecule has 142 valence electrons. The Labute approximate surface area is 155 Å². The van der Waals surface area contributed by atoms with Gasteiger partial charge in [0.05, 0.1) is 18.9 Å². The number of nitrogens with zero attached hydrogens (tertiary/aromatic N) is 7. The lowest BCUT2D eigenvalue weighted by molar-refractivity contribution is 0.189. The molecule has 1 saturated heterocycles. The van der Waals surface area contributed by atoms with E-state index in [2.05, 4.69) is 61.5 Å². The van der Waals surface area contributed by atoms with E-state index in [0.717, 1.165) is 57.3 Å². The number of hydrogen-bond acceptors (Lipinski definition) is 4. The summed E-state index contributed by atoms with van der Waals surface area (Å²) in [5, 5.41) is 11.6. The van der Waals surface area contributed by atoms with Gasteiger partial charge in [-0.2, -0.15) is 0 Å². The van der Waals surface area contributed by atoms with E-state index in [9.17, 15) is 0 Å². The van der Waals surface area contributed by atoms with Crippen LogP contribution >= 0.6 is 0 Å². The molecule has 0 aromatic carbocycles. The number of piperidine rings is 1. The summed E-state index contributed by atoms with van der Waals surface area (Å²) in [7, 11) is 0. The van der Waals surface area contributed by atoms with E-state index in [-0.39, 0.29) is 0 Å². The Morgan fingerprint density at radius 2 is 2.23 bits per heavy atom. The zero-order chi connectivity index (χ0) is 18.4. The molecule has 8 heteroatoms. The summed E-state index contributed by atoms with van der Waals surface area (Å²) >= 11 is 0. The molecule has 0 amide bonds. The molecule has 3 rings (SSSR count). The standard InChI is InChI=1S/C18H30N8/c1-4-17-23-22-14-26(17)11-8-21-18(20-5-2)24-9-6-15(3)16(12-24)25-10-7-19-13-25/h7,10,13-16H,4-6,8-9,11-12H2,1-3H3,(H,20,21). The van der Waals surface area contributed by atoms with Crippen molar-refractivity contribution in [2.24, 2.45) is 10.9 Å². The molecule has 0 saturated carbocycles. The second kappa shape index (κ2) is 8.82. The molecule has 2 unspecified atom stereocenters. The van der Waals surface area contributed by atoms with Gasteiger partial charge in [-0.05, 0) is 19.3 Å². The first-order chi connectivity index (χ1) is 12.7. The van der Waals surface area contributed by atoms with Crippen LogP contribution in [0.4, 0.5) is 0 Å². The highest BCUT2D eigenvalue weighted by atomic mass is 15.3. The Bertz CT molecular complexity index is 690. The highest BCUT2D eigenvalue weighted by Crippen LogP contribution is 2.27. The van der Waals surface area contributed by atoms with Crippen LogP contribution in [0.2, 0.25) is 0 Å². The van der Waals surface area contributed by atoms with Crippen molar-refractivity contribution in [2.45, 2.75) is 46.2 Å². The van der Waals surface area contributed by atoms with Gasteiger partial charge in [-0.25, -0.2) is 4.98 Å². The van der Waals surface area contributed by atoms with Crippen LogP contribution in [0.5, 0.6) is 0 Å². The first-order valence-electron chi connectivity index (χ1n) is 9.60. The Kier molecular flexibility index (Phi) is 6.25. The maximum atomic E-state index is 4.86. The minimum Gasteiger partial charge on any atom is -0.357 e. The highest BCUT2D eigenvalue weighted by molar-refractivity contribution is 5.80. The molecule has 1 aliphatic rings. The molecule has 0 radical (unpaired) electrons. The Balaban J connectivity index is 1.66. The van der Waals surface area contributed by atoms with Crippen LogP contribution < -0.4 is 5.32 Å². The third-order valence-corrected chi connectivity index (χ3v) is 5.08. The largest absolute Gasteiger partial charge is 0.357 e.